The molecule has 1 saturated heterocycles. The van der Waals surface area contributed by atoms with Gasteiger partial charge in [-0.25, -0.2) is 0 Å². The third-order valence-electron chi connectivity index (χ3n) is 4.18. The van der Waals surface area contributed by atoms with E-state index in [9.17, 15) is 4.79 Å². The summed E-state index contributed by atoms with van der Waals surface area (Å²) in [6.45, 7) is 6.42. The summed E-state index contributed by atoms with van der Waals surface area (Å²) >= 11 is 0. The molecular formula is C17H23N3O. The molecule has 1 aromatic carbocycles. The number of hydrogen-bond acceptors (Lipinski definition) is 3. The van der Waals surface area contributed by atoms with Gasteiger partial charge in [-0.15, -0.1) is 0 Å². The van der Waals surface area contributed by atoms with Crippen LogP contribution in [0, 0.1) is 25.2 Å². The zero-order valence-corrected chi connectivity index (χ0v) is 12.9. The Labute approximate surface area is 126 Å². The molecule has 0 aromatic heterocycles. The van der Waals surface area contributed by atoms with Crippen molar-refractivity contribution in [1.82, 2.24) is 10.2 Å². The van der Waals surface area contributed by atoms with Gasteiger partial charge in [-0.2, -0.15) is 5.26 Å². The fourth-order valence-electron chi connectivity index (χ4n) is 2.71. The minimum absolute atomic E-state index is 0.0944. The predicted octanol–water partition coefficient (Wildman–Crippen LogP) is 1.95. The van der Waals surface area contributed by atoms with E-state index in [1.54, 1.807) is 0 Å². The summed E-state index contributed by atoms with van der Waals surface area (Å²) in [6.07, 6.45) is 2.31. The molecule has 0 bridgehead atoms. The Bertz CT molecular complexity index is 539. The first-order valence-electron chi connectivity index (χ1n) is 7.53. The van der Waals surface area contributed by atoms with E-state index in [4.69, 9.17) is 5.26 Å². The maximum atomic E-state index is 12.1. The molecule has 21 heavy (non-hydrogen) atoms. The maximum Gasteiger partial charge on any atom is 0.224 e. The molecule has 0 saturated carbocycles. The normalized spacial score (nSPS) is 16.4. The van der Waals surface area contributed by atoms with Crippen LogP contribution in [0.2, 0.25) is 0 Å². The Kier molecular flexibility index (Phi) is 5.35. The maximum absolute atomic E-state index is 12.1. The quantitative estimate of drug-likeness (QED) is 0.860. The van der Waals surface area contributed by atoms with Crippen molar-refractivity contribution < 1.29 is 4.79 Å². The number of nitrogens with zero attached hydrogens (tertiary/aromatic N) is 2. The lowest BCUT2D eigenvalue weighted by Gasteiger charge is -2.30. The molecule has 1 aliphatic rings. The van der Waals surface area contributed by atoms with Crippen LogP contribution in [-0.2, 0) is 11.2 Å². The topological polar surface area (TPSA) is 56.1 Å². The zero-order chi connectivity index (χ0) is 15.2. The van der Waals surface area contributed by atoms with Crippen LogP contribution in [0.5, 0.6) is 0 Å². The van der Waals surface area contributed by atoms with Crippen LogP contribution >= 0.6 is 0 Å². The van der Waals surface area contributed by atoms with Crippen LogP contribution in [0.4, 0.5) is 0 Å². The molecule has 1 fully saturated rings. The van der Waals surface area contributed by atoms with E-state index in [-0.39, 0.29) is 11.9 Å². The van der Waals surface area contributed by atoms with Crippen molar-refractivity contribution in [2.24, 2.45) is 0 Å². The van der Waals surface area contributed by atoms with Gasteiger partial charge in [-0.1, -0.05) is 18.2 Å². The Balaban J connectivity index is 1.80. The fourth-order valence-corrected chi connectivity index (χ4v) is 2.71. The van der Waals surface area contributed by atoms with Crippen LogP contribution in [0.1, 0.15) is 29.5 Å². The minimum atomic E-state index is 0.0944. The van der Waals surface area contributed by atoms with E-state index >= 15 is 0 Å². The Morgan fingerprint density at radius 3 is 2.67 bits per heavy atom. The van der Waals surface area contributed by atoms with Crippen molar-refractivity contribution in [1.29, 1.82) is 5.26 Å². The number of hydrogen-bond donors (Lipinski definition) is 1. The predicted molar refractivity (Wildman–Crippen MR) is 82.8 cm³/mol. The van der Waals surface area contributed by atoms with Gasteiger partial charge in [0.05, 0.1) is 19.0 Å². The molecule has 112 valence electrons. The number of piperidine rings is 1. The van der Waals surface area contributed by atoms with Crippen LogP contribution in [-0.4, -0.2) is 36.5 Å². The lowest BCUT2D eigenvalue weighted by atomic mass is 10.0. The lowest BCUT2D eigenvalue weighted by molar-refractivity contribution is -0.121. The van der Waals surface area contributed by atoms with Crippen LogP contribution < -0.4 is 5.32 Å². The first kappa shape index (κ1) is 15.5. The van der Waals surface area contributed by atoms with E-state index in [0.29, 0.717) is 13.0 Å². The largest absolute Gasteiger partial charge is 0.353 e. The number of rotatable bonds is 4. The number of benzene rings is 1. The van der Waals surface area contributed by atoms with Gasteiger partial charge in [0.25, 0.3) is 0 Å². The first-order chi connectivity index (χ1) is 10.1. The summed E-state index contributed by atoms with van der Waals surface area (Å²) in [4.78, 5) is 14.2. The highest BCUT2D eigenvalue weighted by Crippen LogP contribution is 2.12. The number of carbonyl (C=O) groups excluding carboxylic acids is 1. The second kappa shape index (κ2) is 7.24. The summed E-state index contributed by atoms with van der Waals surface area (Å²) in [5, 5.41) is 11.8. The molecule has 1 heterocycles. The van der Waals surface area contributed by atoms with E-state index in [1.807, 2.05) is 6.07 Å². The number of aryl methyl sites for hydroxylation is 2. The average molecular weight is 285 g/mol. The third-order valence-corrected chi connectivity index (χ3v) is 4.18. The van der Waals surface area contributed by atoms with Crippen molar-refractivity contribution >= 4 is 5.91 Å². The lowest BCUT2D eigenvalue weighted by Crippen LogP contribution is -2.45. The molecule has 4 heteroatoms. The molecule has 0 aliphatic carbocycles. The summed E-state index contributed by atoms with van der Waals surface area (Å²) in [6, 6.07) is 8.60. The molecule has 1 aliphatic heterocycles. The van der Waals surface area contributed by atoms with E-state index in [2.05, 4.69) is 42.3 Å². The smallest absolute Gasteiger partial charge is 0.224 e. The minimum Gasteiger partial charge on any atom is -0.353 e. The van der Waals surface area contributed by atoms with Crippen LogP contribution in [0.15, 0.2) is 18.2 Å². The van der Waals surface area contributed by atoms with E-state index in [1.165, 1.54) is 11.1 Å². The Morgan fingerprint density at radius 2 is 2.05 bits per heavy atom. The number of nitrogens with one attached hydrogen (secondary N) is 1. The van der Waals surface area contributed by atoms with E-state index < -0.39 is 0 Å². The molecule has 1 N–H and O–H groups in total. The van der Waals surface area contributed by atoms with Gasteiger partial charge < -0.3 is 5.32 Å². The van der Waals surface area contributed by atoms with Gasteiger partial charge >= 0.3 is 0 Å². The monoisotopic (exact) mass is 285 g/mol. The van der Waals surface area contributed by atoms with Gasteiger partial charge in [0.2, 0.25) is 5.91 Å². The Hall–Kier alpha value is -1.86. The summed E-state index contributed by atoms with van der Waals surface area (Å²) < 4.78 is 0. The van der Waals surface area contributed by atoms with Gasteiger partial charge in [-0.05, 0) is 43.4 Å². The van der Waals surface area contributed by atoms with Crippen molar-refractivity contribution in [3.05, 3.63) is 34.9 Å². The average Bonchev–Trinajstić information content (AvgIpc) is 2.45. The standard InChI is InChI=1S/C17H23N3O/c1-13-3-4-15(11-14(13)2)12-17(21)19-16-5-8-20(9-6-16)10-7-18/h3-4,11,16H,5-6,8-10,12H2,1-2H3,(H,19,21). The molecule has 0 radical (unpaired) electrons. The van der Waals surface area contributed by atoms with Gasteiger partial charge in [-0.3, -0.25) is 9.69 Å². The molecule has 0 unspecified atom stereocenters. The molecule has 0 atom stereocenters. The van der Waals surface area contributed by atoms with Gasteiger partial charge in [0.1, 0.15) is 0 Å². The van der Waals surface area contributed by atoms with E-state index in [0.717, 1.165) is 31.5 Å². The number of carbonyl (C=O) groups is 1. The molecule has 1 aromatic rings. The Morgan fingerprint density at radius 1 is 1.33 bits per heavy atom. The van der Waals surface area contributed by atoms with Crippen molar-refractivity contribution in [2.45, 2.75) is 39.2 Å². The molecule has 1 amide bonds. The van der Waals surface area contributed by atoms with Crippen molar-refractivity contribution in [3.8, 4) is 6.07 Å². The summed E-state index contributed by atoms with van der Waals surface area (Å²) in [5.41, 5.74) is 3.55. The first-order valence-corrected chi connectivity index (χ1v) is 7.53. The molecular weight excluding hydrogens is 262 g/mol. The number of likely N-dealkylation sites (tertiary alicyclic amines) is 1. The van der Waals surface area contributed by atoms with Gasteiger partial charge in [0, 0.05) is 19.1 Å². The van der Waals surface area contributed by atoms with Crippen molar-refractivity contribution in [3.63, 3.8) is 0 Å². The van der Waals surface area contributed by atoms with Crippen LogP contribution in [0.25, 0.3) is 0 Å². The molecule has 4 nitrogen and oxygen atoms in total. The van der Waals surface area contributed by atoms with Gasteiger partial charge in [0.15, 0.2) is 0 Å². The fraction of sp³-hybridized carbons (Fsp3) is 0.529. The highest BCUT2D eigenvalue weighted by molar-refractivity contribution is 5.79. The third kappa shape index (κ3) is 4.57. The summed E-state index contributed by atoms with van der Waals surface area (Å²) in [5.74, 6) is 0.0944. The van der Waals surface area contributed by atoms with Crippen molar-refractivity contribution in [2.75, 3.05) is 19.6 Å². The second-order valence-electron chi connectivity index (χ2n) is 5.87. The molecule has 2 rings (SSSR count). The SMILES string of the molecule is Cc1ccc(CC(=O)NC2CCN(CC#N)CC2)cc1C. The second-order valence-corrected chi connectivity index (χ2v) is 5.87. The number of amides is 1. The summed E-state index contributed by atoms with van der Waals surface area (Å²) in [7, 11) is 0. The zero-order valence-electron chi connectivity index (χ0n) is 12.9. The number of nitriles is 1. The van der Waals surface area contributed by atoms with Crippen LogP contribution in [0.3, 0.4) is 0 Å². The highest BCUT2D eigenvalue weighted by Gasteiger charge is 2.20. The highest BCUT2D eigenvalue weighted by atomic mass is 16.1. The molecule has 0 spiro atoms.